The Morgan fingerprint density at radius 2 is 0.909 bits per heavy atom. The number of benzene rings is 2. The van der Waals surface area contributed by atoms with Gasteiger partial charge >= 0.3 is 0 Å². The molecular formula is C16H12N2O4. The van der Waals surface area contributed by atoms with Crippen LogP contribution in [0.15, 0.2) is 48.5 Å². The van der Waals surface area contributed by atoms with Crippen molar-refractivity contribution in [2.24, 2.45) is 0 Å². The maximum atomic E-state index is 8.37. The van der Waals surface area contributed by atoms with Crippen LogP contribution in [0, 0.1) is 23.0 Å². The maximum Gasteiger partial charge on any atom is 0.292 e. The van der Waals surface area contributed by atoms with Crippen molar-refractivity contribution in [2.75, 3.05) is 13.2 Å². The Bertz CT molecular complexity index is 608. The van der Waals surface area contributed by atoms with Gasteiger partial charge in [0.25, 0.3) is 12.5 Å². The topological polar surface area (TPSA) is 84.5 Å². The zero-order chi connectivity index (χ0) is 15.6. The van der Waals surface area contributed by atoms with Gasteiger partial charge in [0, 0.05) is 0 Å². The minimum absolute atomic E-state index is 0.370. The van der Waals surface area contributed by atoms with E-state index in [1.807, 2.05) is 0 Å². The Labute approximate surface area is 127 Å². The lowest BCUT2D eigenvalue weighted by Crippen LogP contribution is -2.08. The molecule has 2 rings (SSSR count). The van der Waals surface area contributed by atoms with E-state index in [9.17, 15) is 0 Å². The van der Waals surface area contributed by atoms with Crippen molar-refractivity contribution >= 4 is 0 Å². The van der Waals surface area contributed by atoms with Gasteiger partial charge in [0.2, 0.25) is 0 Å². The smallest absolute Gasteiger partial charge is 0.292 e. The first kappa shape index (κ1) is 15.0. The fraction of sp³-hybridized carbons (Fsp3) is 0.125. The third kappa shape index (κ3) is 4.62. The number of ether oxygens (including phenoxy) is 4. The maximum absolute atomic E-state index is 8.37. The van der Waals surface area contributed by atoms with Crippen molar-refractivity contribution in [3.8, 4) is 35.5 Å². The first-order valence-electron chi connectivity index (χ1n) is 6.39. The number of nitrogens with zero attached hydrogens (tertiary/aromatic N) is 2. The SMILES string of the molecule is N#COc1ccc(OCCOc2ccc(OC#N)cc2)cc1. The number of hydrogen-bond acceptors (Lipinski definition) is 6. The molecule has 0 aliphatic carbocycles. The summed E-state index contributed by atoms with van der Waals surface area (Å²) in [4.78, 5) is 0. The fourth-order valence-electron chi connectivity index (χ4n) is 1.63. The van der Waals surface area contributed by atoms with E-state index in [0.29, 0.717) is 36.2 Å². The van der Waals surface area contributed by atoms with E-state index in [1.165, 1.54) is 0 Å². The van der Waals surface area contributed by atoms with Gasteiger partial charge in [0.1, 0.15) is 36.2 Å². The van der Waals surface area contributed by atoms with Crippen LogP contribution >= 0.6 is 0 Å². The van der Waals surface area contributed by atoms with Gasteiger partial charge in [-0.05, 0) is 48.5 Å². The molecule has 0 N–H and O–H groups in total. The van der Waals surface area contributed by atoms with E-state index in [1.54, 1.807) is 61.0 Å². The summed E-state index contributed by atoms with van der Waals surface area (Å²) in [7, 11) is 0. The lowest BCUT2D eigenvalue weighted by Gasteiger charge is -2.08. The molecule has 0 aliphatic rings. The average Bonchev–Trinajstić information content (AvgIpc) is 2.55. The zero-order valence-electron chi connectivity index (χ0n) is 11.6. The highest BCUT2D eigenvalue weighted by Crippen LogP contribution is 2.18. The van der Waals surface area contributed by atoms with E-state index >= 15 is 0 Å². The molecule has 0 aliphatic heterocycles. The first-order valence-corrected chi connectivity index (χ1v) is 6.39. The van der Waals surface area contributed by atoms with Crippen molar-refractivity contribution in [1.29, 1.82) is 10.5 Å². The minimum Gasteiger partial charge on any atom is -0.490 e. The molecule has 0 spiro atoms. The van der Waals surface area contributed by atoms with Crippen LogP contribution in [0.3, 0.4) is 0 Å². The summed E-state index contributed by atoms with van der Waals surface area (Å²) in [5.74, 6) is 2.25. The molecule has 0 fully saturated rings. The highest BCUT2D eigenvalue weighted by atomic mass is 16.5. The van der Waals surface area contributed by atoms with E-state index in [4.69, 9.17) is 20.0 Å². The predicted molar refractivity (Wildman–Crippen MR) is 76.4 cm³/mol. The van der Waals surface area contributed by atoms with Crippen LogP contribution in [-0.4, -0.2) is 13.2 Å². The Kier molecular flexibility index (Phi) is 5.48. The predicted octanol–water partition coefficient (Wildman–Crippen LogP) is 2.86. The van der Waals surface area contributed by atoms with Gasteiger partial charge in [-0.15, -0.1) is 10.5 Å². The van der Waals surface area contributed by atoms with E-state index in [0.717, 1.165) is 0 Å². The molecule has 6 nitrogen and oxygen atoms in total. The summed E-state index contributed by atoms with van der Waals surface area (Å²) >= 11 is 0. The second-order valence-corrected chi connectivity index (χ2v) is 4.03. The van der Waals surface area contributed by atoms with Crippen LogP contribution in [0.5, 0.6) is 23.0 Å². The molecule has 2 aromatic rings. The molecule has 6 heteroatoms. The molecule has 0 bridgehead atoms. The van der Waals surface area contributed by atoms with Gasteiger partial charge in [0.05, 0.1) is 0 Å². The molecule has 0 aromatic heterocycles. The second-order valence-electron chi connectivity index (χ2n) is 4.03. The van der Waals surface area contributed by atoms with Gasteiger partial charge in [-0.3, -0.25) is 0 Å². The van der Waals surface area contributed by atoms with Gasteiger partial charge in [-0.25, -0.2) is 0 Å². The Balaban J connectivity index is 1.72. The quantitative estimate of drug-likeness (QED) is 0.577. The number of rotatable bonds is 7. The van der Waals surface area contributed by atoms with Crippen LogP contribution in [0.1, 0.15) is 0 Å². The molecule has 0 saturated heterocycles. The number of hydrogen-bond donors (Lipinski definition) is 0. The summed E-state index contributed by atoms with van der Waals surface area (Å²) in [6.45, 7) is 0.740. The number of nitriles is 2. The van der Waals surface area contributed by atoms with Crippen molar-refractivity contribution in [3.63, 3.8) is 0 Å². The molecule has 0 heterocycles. The summed E-state index contributed by atoms with van der Waals surface area (Å²) in [6.07, 6.45) is 3.20. The van der Waals surface area contributed by atoms with Crippen molar-refractivity contribution in [1.82, 2.24) is 0 Å². The molecule has 0 radical (unpaired) electrons. The van der Waals surface area contributed by atoms with Crippen LogP contribution in [-0.2, 0) is 0 Å². The Morgan fingerprint density at radius 3 is 1.23 bits per heavy atom. The summed E-state index contributed by atoms with van der Waals surface area (Å²) < 4.78 is 20.3. The lowest BCUT2D eigenvalue weighted by molar-refractivity contribution is 0.217. The Hall–Kier alpha value is -3.38. The summed E-state index contributed by atoms with van der Waals surface area (Å²) in [5.41, 5.74) is 0. The standard InChI is InChI=1S/C16H12N2O4/c17-11-21-15-5-1-13(2-6-15)19-9-10-20-14-3-7-16(8-4-14)22-12-18/h1-8H,9-10H2. The van der Waals surface area contributed by atoms with E-state index in [2.05, 4.69) is 9.47 Å². The molecule has 0 unspecified atom stereocenters. The lowest BCUT2D eigenvalue weighted by atomic mass is 10.3. The highest BCUT2D eigenvalue weighted by Gasteiger charge is 1.98. The normalized spacial score (nSPS) is 9.18. The molecule has 0 atom stereocenters. The molecule has 2 aromatic carbocycles. The first-order chi connectivity index (χ1) is 10.8. The zero-order valence-corrected chi connectivity index (χ0v) is 11.6. The molecule has 110 valence electrons. The summed E-state index contributed by atoms with van der Waals surface area (Å²) in [6, 6.07) is 13.4. The van der Waals surface area contributed by atoms with Crippen molar-refractivity contribution in [3.05, 3.63) is 48.5 Å². The van der Waals surface area contributed by atoms with Crippen LogP contribution < -0.4 is 18.9 Å². The molecule has 22 heavy (non-hydrogen) atoms. The average molecular weight is 296 g/mol. The van der Waals surface area contributed by atoms with Crippen LogP contribution in [0.2, 0.25) is 0 Å². The third-order valence-electron chi connectivity index (χ3n) is 2.60. The largest absolute Gasteiger partial charge is 0.490 e. The van der Waals surface area contributed by atoms with Crippen molar-refractivity contribution in [2.45, 2.75) is 0 Å². The van der Waals surface area contributed by atoms with Gasteiger partial charge < -0.3 is 18.9 Å². The van der Waals surface area contributed by atoms with Crippen LogP contribution in [0.4, 0.5) is 0 Å². The van der Waals surface area contributed by atoms with Gasteiger partial charge in [0.15, 0.2) is 0 Å². The minimum atomic E-state index is 0.370. The van der Waals surface area contributed by atoms with E-state index < -0.39 is 0 Å². The van der Waals surface area contributed by atoms with Crippen LogP contribution in [0.25, 0.3) is 0 Å². The fourth-order valence-corrected chi connectivity index (χ4v) is 1.63. The van der Waals surface area contributed by atoms with E-state index in [-0.39, 0.29) is 0 Å². The molecular weight excluding hydrogens is 284 g/mol. The summed E-state index contributed by atoms with van der Waals surface area (Å²) in [5, 5.41) is 16.7. The van der Waals surface area contributed by atoms with Gasteiger partial charge in [-0.1, -0.05) is 0 Å². The molecule has 0 amide bonds. The third-order valence-corrected chi connectivity index (χ3v) is 2.60. The Morgan fingerprint density at radius 1 is 0.591 bits per heavy atom. The van der Waals surface area contributed by atoms with Gasteiger partial charge in [-0.2, -0.15) is 0 Å². The molecule has 0 saturated carbocycles. The van der Waals surface area contributed by atoms with Crippen molar-refractivity contribution < 1.29 is 18.9 Å². The second kappa shape index (κ2) is 8.03. The monoisotopic (exact) mass is 296 g/mol. The highest BCUT2D eigenvalue weighted by molar-refractivity contribution is 5.32.